The minimum atomic E-state index is -0.639. The van der Waals surface area contributed by atoms with E-state index in [-0.39, 0.29) is 0 Å². The van der Waals surface area contributed by atoms with Gasteiger partial charge in [-0.2, -0.15) is 0 Å². The van der Waals surface area contributed by atoms with E-state index in [9.17, 15) is 9.90 Å². The van der Waals surface area contributed by atoms with Crippen molar-refractivity contribution >= 4 is 5.97 Å². The lowest BCUT2D eigenvalue weighted by Crippen LogP contribution is -2.47. The predicted molar refractivity (Wildman–Crippen MR) is 98.2 cm³/mol. The minimum Gasteiger partial charge on any atom is -0.481 e. The van der Waals surface area contributed by atoms with Gasteiger partial charge in [-0.15, -0.1) is 0 Å². The Labute approximate surface area is 149 Å². The molecule has 1 atom stereocenters. The number of rotatable bonds is 7. The SMILES string of the molecule is O=C(O)[C@]1(CCCc2ccccc2)CCCN(Cc2ccncc2)C1. The maximum atomic E-state index is 12.1. The van der Waals surface area contributed by atoms with Crippen LogP contribution in [0.1, 0.15) is 36.8 Å². The van der Waals surface area contributed by atoms with Crippen molar-refractivity contribution in [2.45, 2.75) is 38.6 Å². The van der Waals surface area contributed by atoms with E-state index in [1.54, 1.807) is 12.4 Å². The Morgan fingerprint density at radius 3 is 2.60 bits per heavy atom. The van der Waals surface area contributed by atoms with Crippen molar-refractivity contribution in [1.29, 1.82) is 0 Å². The average Bonchev–Trinajstić information content (AvgIpc) is 2.64. The minimum absolute atomic E-state index is 0.611. The van der Waals surface area contributed by atoms with Gasteiger partial charge in [-0.25, -0.2) is 0 Å². The number of carbonyl (C=O) groups is 1. The van der Waals surface area contributed by atoms with Crippen LogP contribution in [0.3, 0.4) is 0 Å². The molecular weight excluding hydrogens is 312 g/mol. The molecule has 25 heavy (non-hydrogen) atoms. The lowest BCUT2D eigenvalue weighted by atomic mass is 9.75. The third-order valence-electron chi connectivity index (χ3n) is 5.23. The molecule has 0 saturated carbocycles. The number of pyridine rings is 1. The van der Waals surface area contributed by atoms with E-state index in [0.717, 1.165) is 45.2 Å². The second-order valence-electron chi connectivity index (χ2n) is 7.09. The summed E-state index contributed by atoms with van der Waals surface area (Å²) in [7, 11) is 0. The van der Waals surface area contributed by atoms with Crippen LogP contribution in [0.4, 0.5) is 0 Å². The summed E-state index contributed by atoms with van der Waals surface area (Å²) in [5.74, 6) is -0.639. The van der Waals surface area contributed by atoms with E-state index in [1.807, 2.05) is 30.3 Å². The van der Waals surface area contributed by atoms with Crippen LogP contribution in [0.25, 0.3) is 0 Å². The van der Waals surface area contributed by atoms with Crippen LogP contribution in [-0.2, 0) is 17.8 Å². The molecule has 1 aliphatic rings. The number of hydrogen-bond acceptors (Lipinski definition) is 3. The topological polar surface area (TPSA) is 53.4 Å². The first-order chi connectivity index (χ1) is 12.2. The van der Waals surface area contributed by atoms with E-state index < -0.39 is 11.4 Å². The van der Waals surface area contributed by atoms with Gasteiger partial charge in [-0.3, -0.25) is 14.7 Å². The number of aryl methyl sites for hydroxylation is 1. The van der Waals surface area contributed by atoms with Crippen molar-refractivity contribution in [2.75, 3.05) is 13.1 Å². The maximum absolute atomic E-state index is 12.1. The second kappa shape index (κ2) is 8.26. The van der Waals surface area contributed by atoms with Gasteiger partial charge in [0.2, 0.25) is 0 Å². The molecule has 1 aromatic carbocycles. The number of likely N-dealkylation sites (tertiary alicyclic amines) is 1. The molecule has 1 N–H and O–H groups in total. The molecule has 1 aromatic heterocycles. The zero-order chi connectivity index (χ0) is 17.5. The fraction of sp³-hybridized carbons (Fsp3) is 0.429. The summed E-state index contributed by atoms with van der Waals surface area (Å²) in [6.07, 6.45) is 7.92. The van der Waals surface area contributed by atoms with Gasteiger partial charge in [-0.05, 0) is 61.9 Å². The number of piperidine rings is 1. The summed E-state index contributed by atoms with van der Waals surface area (Å²) in [5.41, 5.74) is 1.87. The van der Waals surface area contributed by atoms with Crippen molar-refractivity contribution < 1.29 is 9.90 Å². The van der Waals surface area contributed by atoms with Gasteiger partial charge in [0, 0.05) is 25.5 Å². The molecular formula is C21H26N2O2. The number of carboxylic acids is 1. The first-order valence-corrected chi connectivity index (χ1v) is 9.07. The fourth-order valence-electron chi connectivity index (χ4n) is 3.87. The fourth-order valence-corrected chi connectivity index (χ4v) is 3.87. The molecule has 0 unspecified atom stereocenters. The quantitative estimate of drug-likeness (QED) is 0.835. The van der Waals surface area contributed by atoms with E-state index in [4.69, 9.17) is 0 Å². The molecule has 1 saturated heterocycles. The normalized spacial score (nSPS) is 21.1. The van der Waals surface area contributed by atoms with E-state index in [0.29, 0.717) is 6.54 Å². The summed E-state index contributed by atoms with van der Waals surface area (Å²) in [6, 6.07) is 14.3. The summed E-state index contributed by atoms with van der Waals surface area (Å²) in [6.45, 7) is 2.41. The third-order valence-corrected chi connectivity index (χ3v) is 5.23. The third kappa shape index (κ3) is 4.67. The molecule has 2 aromatic rings. The van der Waals surface area contributed by atoms with Crippen molar-refractivity contribution in [3.8, 4) is 0 Å². The van der Waals surface area contributed by atoms with Crippen LogP contribution in [0.15, 0.2) is 54.9 Å². The van der Waals surface area contributed by atoms with Crippen LogP contribution < -0.4 is 0 Å². The number of benzene rings is 1. The standard InChI is InChI=1S/C21H26N2O2/c24-20(25)21(11-4-8-18-6-2-1-3-7-18)12-5-15-23(17-21)16-19-9-13-22-14-10-19/h1-3,6-7,9-10,13-14H,4-5,8,11-12,15-17H2,(H,24,25)/t21-/m1/s1. The van der Waals surface area contributed by atoms with Crippen molar-refractivity contribution in [1.82, 2.24) is 9.88 Å². The summed E-state index contributed by atoms with van der Waals surface area (Å²) in [4.78, 5) is 18.4. The molecule has 132 valence electrons. The van der Waals surface area contributed by atoms with Gasteiger partial charge in [-0.1, -0.05) is 30.3 Å². The predicted octanol–water partition coefficient (Wildman–Crippen LogP) is 3.77. The van der Waals surface area contributed by atoms with Gasteiger partial charge >= 0.3 is 5.97 Å². The Morgan fingerprint density at radius 1 is 1.12 bits per heavy atom. The summed E-state index contributed by atoms with van der Waals surface area (Å²) in [5, 5.41) is 9.93. The highest BCUT2D eigenvalue weighted by atomic mass is 16.4. The molecule has 1 fully saturated rings. The molecule has 0 amide bonds. The monoisotopic (exact) mass is 338 g/mol. The number of aliphatic carboxylic acids is 1. The van der Waals surface area contributed by atoms with Crippen LogP contribution in [0.5, 0.6) is 0 Å². The molecule has 0 aliphatic carbocycles. The highest BCUT2D eigenvalue weighted by molar-refractivity contribution is 5.75. The molecule has 1 aliphatic heterocycles. The zero-order valence-corrected chi connectivity index (χ0v) is 14.6. The second-order valence-corrected chi connectivity index (χ2v) is 7.09. The Bertz CT molecular complexity index is 675. The van der Waals surface area contributed by atoms with Gasteiger partial charge < -0.3 is 5.11 Å². The van der Waals surface area contributed by atoms with E-state index in [2.05, 4.69) is 22.0 Å². The summed E-state index contributed by atoms with van der Waals surface area (Å²) < 4.78 is 0. The van der Waals surface area contributed by atoms with Crippen LogP contribution in [-0.4, -0.2) is 34.0 Å². The highest BCUT2D eigenvalue weighted by Crippen LogP contribution is 2.36. The maximum Gasteiger partial charge on any atom is 0.310 e. The van der Waals surface area contributed by atoms with Gasteiger partial charge in [0.25, 0.3) is 0 Å². The highest BCUT2D eigenvalue weighted by Gasteiger charge is 2.41. The zero-order valence-electron chi connectivity index (χ0n) is 14.6. The number of nitrogens with zero attached hydrogens (tertiary/aromatic N) is 2. The van der Waals surface area contributed by atoms with E-state index in [1.165, 1.54) is 11.1 Å². The van der Waals surface area contributed by atoms with Crippen LogP contribution in [0, 0.1) is 5.41 Å². The van der Waals surface area contributed by atoms with Gasteiger partial charge in [0.1, 0.15) is 0 Å². The Morgan fingerprint density at radius 2 is 1.88 bits per heavy atom. The average molecular weight is 338 g/mol. The molecule has 4 heteroatoms. The first-order valence-electron chi connectivity index (χ1n) is 9.07. The van der Waals surface area contributed by atoms with Crippen molar-refractivity contribution in [3.63, 3.8) is 0 Å². The number of hydrogen-bond donors (Lipinski definition) is 1. The summed E-state index contributed by atoms with van der Waals surface area (Å²) >= 11 is 0. The van der Waals surface area contributed by atoms with Crippen LogP contribution >= 0.6 is 0 Å². The molecule has 0 spiro atoms. The Kier molecular flexibility index (Phi) is 5.82. The largest absolute Gasteiger partial charge is 0.481 e. The molecule has 0 bridgehead atoms. The van der Waals surface area contributed by atoms with Crippen molar-refractivity contribution in [2.24, 2.45) is 5.41 Å². The smallest absolute Gasteiger partial charge is 0.310 e. The van der Waals surface area contributed by atoms with Crippen LogP contribution in [0.2, 0.25) is 0 Å². The molecule has 4 nitrogen and oxygen atoms in total. The van der Waals surface area contributed by atoms with E-state index >= 15 is 0 Å². The lowest BCUT2D eigenvalue weighted by molar-refractivity contribution is -0.153. The lowest BCUT2D eigenvalue weighted by Gasteiger charge is -2.40. The molecule has 2 heterocycles. The van der Waals surface area contributed by atoms with Crippen molar-refractivity contribution in [3.05, 3.63) is 66.0 Å². The van der Waals surface area contributed by atoms with Gasteiger partial charge in [0.05, 0.1) is 5.41 Å². The Balaban J connectivity index is 1.61. The number of aromatic nitrogens is 1. The molecule has 3 rings (SSSR count). The van der Waals surface area contributed by atoms with Gasteiger partial charge in [0.15, 0.2) is 0 Å². The first kappa shape index (κ1) is 17.6. The molecule has 0 radical (unpaired) electrons. The number of carboxylic acid groups (broad SMARTS) is 1. The Hall–Kier alpha value is -2.20.